The third kappa shape index (κ3) is 5.96. The average molecular weight is 254 g/mol. The third-order valence-corrected chi connectivity index (χ3v) is 2.82. The van der Waals surface area contributed by atoms with Crippen LogP contribution in [0.5, 0.6) is 5.75 Å². The summed E-state index contributed by atoms with van der Waals surface area (Å²) in [6.07, 6.45) is 4.75. The van der Waals surface area contributed by atoms with Gasteiger partial charge in [0, 0.05) is 11.7 Å². The highest BCUT2D eigenvalue weighted by molar-refractivity contribution is 5.20. The maximum atomic E-state index is 11.9. The van der Waals surface area contributed by atoms with E-state index >= 15 is 0 Å². The molecular formula is C14H23FN2O. The first-order chi connectivity index (χ1) is 8.61. The SMILES string of the molecule is CC(CC[C@H](C)N)Cc1ccc(OCCF)cn1. The molecule has 0 spiro atoms. The number of hydrogen-bond donors (Lipinski definition) is 1. The molecule has 0 saturated heterocycles. The second-order valence-corrected chi connectivity index (χ2v) is 4.89. The smallest absolute Gasteiger partial charge is 0.137 e. The van der Waals surface area contributed by atoms with Crippen molar-refractivity contribution in [3.05, 3.63) is 24.0 Å². The van der Waals surface area contributed by atoms with Gasteiger partial charge in [-0.3, -0.25) is 4.98 Å². The van der Waals surface area contributed by atoms with Crippen molar-refractivity contribution >= 4 is 0 Å². The number of hydrogen-bond acceptors (Lipinski definition) is 3. The zero-order valence-electron chi connectivity index (χ0n) is 11.2. The van der Waals surface area contributed by atoms with E-state index < -0.39 is 6.67 Å². The van der Waals surface area contributed by atoms with Gasteiger partial charge >= 0.3 is 0 Å². The molecule has 2 N–H and O–H groups in total. The van der Waals surface area contributed by atoms with Crippen LogP contribution in [-0.2, 0) is 6.42 Å². The van der Waals surface area contributed by atoms with E-state index in [4.69, 9.17) is 10.5 Å². The van der Waals surface area contributed by atoms with Crippen molar-refractivity contribution in [3.63, 3.8) is 0 Å². The zero-order valence-corrected chi connectivity index (χ0v) is 11.2. The molecular weight excluding hydrogens is 231 g/mol. The highest BCUT2D eigenvalue weighted by atomic mass is 19.1. The van der Waals surface area contributed by atoms with Gasteiger partial charge in [0.1, 0.15) is 19.0 Å². The molecule has 18 heavy (non-hydrogen) atoms. The number of nitrogens with two attached hydrogens (primary N) is 1. The fourth-order valence-electron chi connectivity index (χ4n) is 1.78. The summed E-state index contributed by atoms with van der Waals surface area (Å²) in [6, 6.07) is 4.04. The third-order valence-electron chi connectivity index (χ3n) is 2.82. The Morgan fingerprint density at radius 1 is 1.33 bits per heavy atom. The van der Waals surface area contributed by atoms with Gasteiger partial charge in [-0.15, -0.1) is 0 Å². The van der Waals surface area contributed by atoms with Crippen LogP contribution in [0, 0.1) is 5.92 Å². The number of pyridine rings is 1. The number of alkyl halides is 1. The van der Waals surface area contributed by atoms with Gasteiger partial charge in [0.25, 0.3) is 0 Å². The van der Waals surface area contributed by atoms with Gasteiger partial charge in [-0.05, 0) is 44.2 Å². The molecule has 4 heteroatoms. The number of nitrogens with zero attached hydrogens (tertiary/aromatic N) is 1. The first-order valence-electron chi connectivity index (χ1n) is 6.51. The Morgan fingerprint density at radius 3 is 2.67 bits per heavy atom. The maximum Gasteiger partial charge on any atom is 0.137 e. The van der Waals surface area contributed by atoms with E-state index in [0.717, 1.165) is 25.0 Å². The normalized spacial score (nSPS) is 14.2. The van der Waals surface area contributed by atoms with Crippen LogP contribution in [-0.4, -0.2) is 24.3 Å². The van der Waals surface area contributed by atoms with Crippen molar-refractivity contribution in [1.82, 2.24) is 4.98 Å². The van der Waals surface area contributed by atoms with Crippen LogP contribution in [0.4, 0.5) is 4.39 Å². The Kier molecular flexibility index (Phi) is 6.65. The molecule has 0 aliphatic heterocycles. The molecule has 0 aromatic carbocycles. The topological polar surface area (TPSA) is 48.1 Å². The van der Waals surface area contributed by atoms with E-state index in [1.165, 1.54) is 0 Å². The molecule has 0 aliphatic rings. The van der Waals surface area contributed by atoms with Crippen LogP contribution in [0.15, 0.2) is 18.3 Å². The van der Waals surface area contributed by atoms with Gasteiger partial charge in [-0.2, -0.15) is 0 Å². The van der Waals surface area contributed by atoms with Gasteiger partial charge in [0.2, 0.25) is 0 Å². The molecule has 1 aromatic rings. The predicted molar refractivity (Wildman–Crippen MR) is 71.5 cm³/mol. The van der Waals surface area contributed by atoms with Crippen LogP contribution in [0.2, 0.25) is 0 Å². The average Bonchev–Trinajstić information content (AvgIpc) is 2.35. The molecule has 2 atom stereocenters. The fraction of sp³-hybridized carbons (Fsp3) is 0.643. The predicted octanol–water partition coefficient (Wildman–Crippen LogP) is 2.74. The summed E-state index contributed by atoms with van der Waals surface area (Å²) < 4.78 is 17.1. The van der Waals surface area contributed by atoms with E-state index in [-0.39, 0.29) is 12.6 Å². The molecule has 1 heterocycles. The van der Waals surface area contributed by atoms with E-state index in [0.29, 0.717) is 11.7 Å². The van der Waals surface area contributed by atoms with E-state index in [9.17, 15) is 4.39 Å². The molecule has 0 amide bonds. The Hall–Kier alpha value is -1.16. The van der Waals surface area contributed by atoms with Crippen molar-refractivity contribution < 1.29 is 9.13 Å². The van der Waals surface area contributed by atoms with Crippen molar-refractivity contribution in [2.75, 3.05) is 13.3 Å². The van der Waals surface area contributed by atoms with Crippen molar-refractivity contribution in [2.45, 2.75) is 39.2 Å². The van der Waals surface area contributed by atoms with E-state index in [1.807, 2.05) is 19.1 Å². The van der Waals surface area contributed by atoms with Crippen molar-refractivity contribution in [1.29, 1.82) is 0 Å². The Morgan fingerprint density at radius 2 is 2.11 bits per heavy atom. The zero-order chi connectivity index (χ0) is 13.4. The lowest BCUT2D eigenvalue weighted by Crippen LogP contribution is -2.16. The summed E-state index contributed by atoms with van der Waals surface area (Å²) in [4.78, 5) is 4.32. The summed E-state index contributed by atoms with van der Waals surface area (Å²) in [5.41, 5.74) is 6.78. The number of rotatable bonds is 8. The standard InChI is InChI=1S/C14H23FN2O/c1-11(3-4-12(2)16)9-13-5-6-14(10-17-13)18-8-7-15/h5-6,10-12H,3-4,7-9,16H2,1-2H3/t11?,12-/m0/s1. The van der Waals surface area contributed by atoms with Crippen LogP contribution in [0.25, 0.3) is 0 Å². The summed E-state index contributed by atoms with van der Waals surface area (Å²) in [5.74, 6) is 1.20. The highest BCUT2D eigenvalue weighted by Gasteiger charge is 2.06. The van der Waals surface area contributed by atoms with Gasteiger partial charge in [-0.1, -0.05) is 6.92 Å². The molecule has 1 unspecified atom stereocenters. The minimum atomic E-state index is -0.476. The Bertz CT molecular complexity index is 327. The van der Waals surface area contributed by atoms with E-state index in [1.54, 1.807) is 6.20 Å². The summed E-state index contributed by atoms with van der Waals surface area (Å²) >= 11 is 0. The lowest BCUT2D eigenvalue weighted by atomic mass is 9.97. The minimum Gasteiger partial charge on any atom is -0.489 e. The van der Waals surface area contributed by atoms with Gasteiger partial charge < -0.3 is 10.5 Å². The van der Waals surface area contributed by atoms with Gasteiger partial charge in [0.15, 0.2) is 0 Å². The summed E-state index contributed by atoms with van der Waals surface area (Å²) in [5, 5.41) is 0. The first-order valence-corrected chi connectivity index (χ1v) is 6.51. The second kappa shape index (κ2) is 8.03. The van der Waals surface area contributed by atoms with Crippen LogP contribution < -0.4 is 10.5 Å². The molecule has 0 saturated carbocycles. The molecule has 1 aromatic heterocycles. The van der Waals surface area contributed by atoms with Crippen LogP contribution >= 0.6 is 0 Å². The van der Waals surface area contributed by atoms with Gasteiger partial charge in [-0.25, -0.2) is 4.39 Å². The lowest BCUT2D eigenvalue weighted by molar-refractivity contribution is 0.272. The number of halogens is 1. The van der Waals surface area contributed by atoms with Crippen molar-refractivity contribution in [3.8, 4) is 5.75 Å². The molecule has 0 aliphatic carbocycles. The molecule has 3 nitrogen and oxygen atoms in total. The molecule has 1 rings (SSSR count). The van der Waals surface area contributed by atoms with Gasteiger partial charge in [0.05, 0.1) is 6.20 Å². The minimum absolute atomic E-state index is 0.0891. The monoisotopic (exact) mass is 254 g/mol. The Labute approximate surface area is 109 Å². The van der Waals surface area contributed by atoms with E-state index in [2.05, 4.69) is 11.9 Å². The molecule has 0 fully saturated rings. The fourth-order valence-corrected chi connectivity index (χ4v) is 1.78. The van der Waals surface area contributed by atoms with Crippen LogP contribution in [0.3, 0.4) is 0 Å². The Balaban J connectivity index is 2.38. The highest BCUT2D eigenvalue weighted by Crippen LogP contribution is 2.15. The molecule has 102 valence electrons. The second-order valence-electron chi connectivity index (χ2n) is 4.89. The van der Waals surface area contributed by atoms with Crippen molar-refractivity contribution in [2.24, 2.45) is 11.7 Å². The largest absolute Gasteiger partial charge is 0.489 e. The maximum absolute atomic E-state index is 11.9. The summed E-state index contributed by atoms with van der Waals surface area (Å²) in [7, 11) is 0. The molecule has 0 radical (unpaired) electrons. The number of ether oxygens (including phenoxy) is 1. The summed E-state index contributed by atoms with van der Waals surface area (Å²) in [6.45, 7) is 3.85. The quantitative estimate of drug-likeness (QED) is 0.776. The van der Waals surface area contributed by atoms with Crippen LogP contribution in [0.1, 0.15) is 32.4 Å². The lowest BCUT2D eigenvalue weighted by Gasteiger charge is -2.12. The molecule has 0 bridgehead atoms. The first kappa shape index (κ1) is 14.9. The number of aromatic nitrogens is 1.